The Labute approximate surface area is 145 Å². The number of fused-ring (bicyclic) bond motifs is 1. The molecular formula is C16H21N9. The van der Waals surface area contributed by atoms with Gasteiger partial charge in [0.15, 0.2) is 11.5 Å². The summed E-state index contributed by atoms with van der Waals surface area (Å²) in [5.74, 6) is 2.57. The summed E-state index contributed by atoms with van der Waals surface area (Å²) in [5, 5.41) is 21.2. The molecule has 2 aliphatic rings. The Morgan fingerprint density at radius 3 is 2.84 bits per heavy atom. The van der Waals surface area contributed by atoms with Crippen LogP contribution in [0.2, 0.25) is 0 Å². The van der Waals surface area contributed by atoms with Gasteiger partial charge in [0, 0.05) is 37.8 Å². The second kappa shape index (κ2) is 5.76. The van der Waals surface area contributed by atoms with Crippen molar-refractivity contribution in [3.63, 3.8) is 0 Å². The van der Waals surface area contributed by atoms with Gasteiger partial charge in [0.1, 0.15) is 5.82 Å². The Balaban J connectivity index is 1.22. The highest BCUT2D eigenvalue weighted by atomic mass is 15.4. The highest BCUT2D eigenvalue weighted by Gasteiger charge is 2.32. The summed E-state index contributed by atoms with van der Waals surface area (Å²) >= 11 is 0. The lowest BCUT2D eigenvalue weighted by atomic mass is 10.1. The van der Waals surface area contributed by atoms with Gasteiger partial charge in [0.25, 0.3) is 0 Å². The van der Waals surface area contributed by atoms with E-state index < -0.39 is 0 Å². The molecule has 5 rings (SSSR count). The van der Waals surface area contributed by atoms with Crippen LogP contribution >= 0.6 is 0 Å². The molecule has 0 atom stereocenters. The summed E-state index contributed by atoms with van der Waals surface area (Å²) in [7, 11) is 2.17. The number of likely N-dealkylation sites (N-methyl/N-ethyl adjacent to an activating group) is 1. The first-order chi connectivity index (χ1) is 12.3. The summed E-state index contributed by atoms with van der Waals surface area (Å²) in [5.41, 5.74) is 0.840. The van der Waals surface area contributed by atoms with Crippen molar-refractivity contribution in [2.24, 2.45) is 0 Å². The summed E-state index contributed by atoms with van der Waals surface area (Å²) < 4.78 is 3.79. The lowest BCUT2D eigenvalue weighted by Gasteiger charge is -2.44. The molecular weight excluding hydrogens is 318 g/mol. The highest BCUT2D eigenvalue weighted by Crippen LogP contribution is 2.38. The Kier molecular flexibility index (Phi) is 3.40. The lowest BCUT2D eigenvalue weighted by Crippen LogP contribution is -2.59. The van der Waals surface area contributed by atoms with Crippen molar-refractivity contribution < 1.29 is 0 Å². The molecule has 0 aromatic carbocycles. The molecule has 0 unspecified atom stereocenters. The quantitative estimate of drug-likeness (QED) is 0.643. The fraction of sp³-hybridized carbons (Fsp3) is 0.562. The Morgan fingerprint density at radius 1 is 1.20 bits per heavy atom. The highest BCUT2D eigenvalue weighted by molar-refractivity contribution is 5.48. The molecule has 3 aromatic rings. The third-order valence-electron chi connectivity index (χ3n) is 5.18. The van der Waals surface area contributed by atoms with E-state index >= 15 is 0 Å². The Bertz CT molecular complexity index is 861. The van der Waals surface area contributed by atoms with Gasteiger partial charge in [0.05, 0.1) is 12.7 Å². The van der Waals surface area contributed by atoms with Gasteiger partial charge in [-0.05, 0) is 32.0 Å². The van der Waals surface area contributed by atoms with Crippen molar-refractivity contribution >= 4 is 11.5 Å². The maximum absolute atomic E-state index is 4.78. The molecule has 0 N–H and O–H groups in total. The fourth-order valence-electron chi connectivity index (χ4n) is 3.28. The average Bonchev–Trinajstić information content (AvgIpc) is 3.13. The molecule has 2 fully saturated rings. The van der Waals surface area contributed by atoms with E-state index in [0.29, 0.717) is 12.0 Å². The zero-order valence-electron chi connectivity index (χ0n) is 14.2. The minimum atomic E-state index is 0.546. The molecule has 0 radical (unpaired) electrons. The number of hydrogen-bond acceptors (Lipinski definition) is 7. The third kappa shape index (κ3) is 2.74. The van der Waals surface area contributed by atoms with E-state index in [0.717, 1.165) is 43.5 Å². The van der Waals surface area contributed by atoms with E-state index in [9.17, 15) is 0 Å². The van der Waals surface area contributed by atoms with Crippen molar-refractivity contribution in [2.75, 3.05) is 31.6 Å². The van der Waals surface area contributed by atoms with Gasteiger partial charge in [-0.2, -0.15) is 4.52 Å². The van der Waals surface area contributed by atoms with Crippen LogP contribution in [-0.2, 0) is 6.54 Å². The topological polar surface area (TPSA) is 80.3 Å². The van der Waals surface area contributed by atoms with E-state index in [1.54, 1.807) is 6.20 Å². The second-order valence-electron chi connectivity index (χ2n) is 7.00. The predicted octanol–water partition coefficient (Wildman–Crippen LogP) is 0.414. The number of aromatic nitrogens is 7. The molecule has 9 nitrogen and oxygen atoms in total. The van der Waals surface area contributed by atoms with E-state index in [-0.39, 0.29) is 0 Å². The van der Waals surface area contributed by atoms with Crippen LogP contribution in [0.25, 0.3) is 5.65 Å². The maximum atomic E-state index is 4.78. The third-order valence-corrected chi connectivity index (χ3v) is 5.18. The van der Waals surface area contributed by atoms with E-state index in [2.05, 4.69) is 37.4 Å². The second-order valence-corrected chi connectivity index (χ2v) is 7.00. The van der Waals surface area contributed by atoms with E-state index in [1.807, 2.05) is 27.5 Å². The summed E-state index contributed by atoms with van der Waals surface area (Å²) in [4.78, 5) is 4.69. The Morgan fingerprint density at radius 2 is 2.08 bits per heavy atom. The van der Waals surface area contributed by atoms with Crippen LogP contribution < -0.4 is 4.90 Å². The molecule has 9 heteroatoms. The average molecular weight is 339 g/mol. The van der Waals surface area contributed by atoms with Crippen LogP contribution in [0.1, 0.15) is 24.6 Å². The standard InChI is InChI=1S/C16H21N9/c1-22(8-9-24-7-6-17-21-24)13-10-23(11-13)15-5-4-14-18-19-16(12-2-3-12)25(14)20-15/h4-7,12-13H,2-3,8-11H2,1H3. The number of nitrogens with zero attached hydrogens (tertiary/aromatic N) is 9. The van der Waals surface area contributed by atoms with Crippen molar-refractivity contribution in [3.05, 3.63) is 30.4 Å². The zero-order chi connectivity index (χ0) is 16.8. The van der Waals surface area contributed by atoms with Gasteiger partial charge in [-0.3, -0.25) is 9.58 Å². The minimum absolute atomic E-state index is 0.546. The van der Waals surface area contributed by atoms with Crippen LogP contribution in [0.5, 0.6) is 0 Å². The molecule has 3 aromatic heterocycles. The van der Waals surface area contributed by atoms with Crippen LogP contribution in [0.4, 0.5) is 5.82 Å². The smallest absolute Gasteiger partial charge is 0.178 e. The molecule has 1 saturated heterocycles. The molecule has 0 spiro atoms. The first kappa shape index (κ1) is 14.8. The van der Waals surface area contributed by atoms with Crippen LogP contribution in [0.15, 0.2) is 24.5 Å². The van der Waals surface area contributed by atoms with E-state index in [4.69, 9.17) is 5.10 Å². The van der Waals surface area contributed by atoms with Gasteiger partial charge in [-0.25, -0.2) is 0 Å². The van der Waals surface area contributed by atoms with Crippen LogP contribution in [-0.4, -0.2) is 72.4 Å². The van der Waals surface area contributed by atoms with Gasteiger partial charge >= 0.3 is 0 Å². The van der Waals surface area contributed by atoms with E-state index in [1.165, 1.54) is 12.8 Å². The normalized spacial score (nSPS) is 18.2. The fourth-order valence-corrected chi connectivity index (χ4v) is 3.28. The molecule has 25 heavy (non-hydrogen) atoms. The maximum Gasteiger partial charge on any atom is 0.178 e. The number of anilines is 1. The van der Waals surface area contributed by atoms with Crippen LogP contribution in [0.3, 0.4) is 0 Å². The van der Waals surface area contributed by atoms with Crippen molar-refractivity contribution in [2.45, 2.75) is 31.3 Å². The first-order valence-corrected chi connectivity index (χ1v) is 8.79. The largest absolute Gasteiger partial charge is 0.352 e. The molecule has 1 saturated carbocycles. The monoisotopic (exact) mass is 339 g/mol. The number of rotatable bonds is 6. The predicted molar refractivity (Wildman–Crippen MR) is 91.4 cm³/mol. The van der Waals surface area contributed by atoms with Gasteiger partial charge in [-0.1, -0.05) is 5.21 Å². The molecule has 0 bridgehead atoms. The molecule has 4 heterocycles. The van der Waals surface area contributed by atoms with Gasteiger partial charge in [0.2, 0.25) is 0 Å². The number of hydrogen-bond donors (Lipinski definition) is 0. The van der Waals surface area contributed by atoms with Gasteiger partial charge < -0.3 is 4.90 Å². The van der Waals surface area contributed by atoms with Crippen molar-refractivity contribution in [1.82, 2.24) is 39.7 Å². The molecule has 1 aliphatic heterocycles. The zero-order valence-corrected chi connectivity index (χ0v) is 14.2. The minimum Gasteiger partial charge on any atom is -0.352 e. The SMILES string of the molecule is CN(CCn1ccnn1)C1CN(c2ccc3nnc(C4CC4)n3n2)C1. The molecule has 130 valence electrons. The Hall–Kier alpha value is -2.55. The van der Waals surface area contributed by atoms with Crippen molar-refractivity contribution in [1.29, 1.82) is 0 Å². The molecule has 0 amide bonds. The van der Waals surface area contributed by atoms with Gasteiger partial charge in [-0.15, -0.1) is 20.4 Å². The summed E-state index contributed by atoms with van der Waals surface area (Å²) in [6.45, 7) is 3.81. The molecule has 1 aliphatic carbocycles. The summed E-state index contributed by atoms with van der Waals surface area (Å²) in [6, 6.07) is 4.61. The van der Waals surface area contributed by atoms with Crippen LogP contribution in [0, 0.1) is 0 Å². The lowest BCUT2D eigenvalue weighted by molar-refractivity contribution is 0.194. The summed E-state index contributed by atoms with van der Waals surface area (Å²) in [6.07, 6.45) is 6.02. The van der Waals surface area contributed by atoms with Crippen molar-refractivity contribution in [3.8, 4) is 0 Å². The first-order valence-electron chi connectivity index (χ1n) is 8.79.